The number of hydrogen-bond acceptors (Lipinski definition) is 5. The standard InChI is InChI=1S/C24H23N5OS/c1-16-9-10-21(15-17(16)2)29-22(19-11-13-25-14-12-19)27-28-24(29)31-18(3)23(30)26-20-7-5-4-6-8-20/h4-15,18H,1-3H3,(H,26,30). The molecule has 0 aliphatic carbocycles. The van der Waals surface area contributed by atoms with Crippen LogP contribution in [0.2, 0.25) is 0 Å². The lowest BCUT2D eigenvalue weighted by atomic mass is 10.1. The van der Waals surface area contributed by atoms with Crippen LogP contribution in [0.3, 0.4) is 0 Å². The van der Waals surface area contributed by atoms with Gasteiger partial charge in [0.2, 0.25) is 5.91 Å². The first-order chi connectivity index (χ1) is 15.0. The van der Waals surface area contributed by atoms with Crippen LogP contribution in [-0.4, -0.2) is 30.9 Å². The first-order valence-corrected chi connectivity index (χ1v) is 10.9. The molecule has 0 aliphatic rings. The number of amides is 1. The average Bonchev–Trinajstić information content (AvgIpc) is 3.20. The van der Waals surface area contributed by atoms with E-state index in [-0.39, 0.29) is 11.2 Å². The van der Waals surface area contributed by atoms with Crippen molar-refractivity contribution in [1.82, 2.24) is 19.7 Å². The molecule has 4 rings (SSSR count). The number of rotatable bonds is 6. The molecule has 6 nitrogen and oxygen atoms in total. The topological polar surface area (TPSA) is 72.7 Å². The van der Waals surface area contributed by atoms with Crippen LogP contribution in [0.5, 0.6) is 0 Å². The van der Waals surface area contributed by atoms with E-state index in [1.54, 1.807) is 12.4 Å². The van der Waals surface area contributed by atoms with Gasteiger partial charge in [-0.2, -0.15) is 0 Å². The zero-order valence-electron chi connectivity index (χ0n) is 17.6. The quantitative estimate of drug-likeness (QED) is 0.434. The van der Waals surface area contributed by atoms with E-state index in [9.17, 15) is 4.79 Å². The number of nitrogens with zero attached hydrogens (tertiary/aromatic N) is 4. The van der Waals surface area contributed by atoms with Crippen LogP contribution in [0.25, 0.3) is 17.1 Å². The highest BCUT2D eigenvalue weighted by atomic mass is 32.2. The Kier molecular flexibility index (Phi) is 6.13. The minimum absolute atomic E-state index is 0.0868. The molecule has 7 heteroatoms. The van der Waals surface area contributed by atoms with E-state index in [0.29, 0.717) is 11.0 Å². The summed E-state index contributed by atoms with van der Waals surface area (Å²) in [6, 6.07) is 19.5. The van der Waals surface area contributed by atoms with Gasteiger partial charge in [-0.1, -0.05) is 36.0 Å². The Balaban J connectivity index is 1.68. The summed E-state index contributed by atoms with van der Waals surface area (Å²) in [7, 11) is 0. The number of anilines is 1. The fourth-order valence-electron chi connectivity index (χ4n) is 3.11. The summed E-state index contributed by atoms with van der Waals surface area (Å²) in [5.41, 5.74) is 5.03. The van der Waals surface area contributed by atoms with Gasteiger partial charge in [-0.25, -0.2) is 0 Å². The predicted molar refractivity (Wildman–Crippen MR) is 124 cm³/mol. The Bertz CT molecular complexity index is 1190. The predicted octanol–water partition coefficient (Wildman–Crippen LogP) is 5.07. The first-order valence-electron chi connectivity index (χ1n) is 9.99. The monoisotopic (exact) mass is 429 g/mol. The van der Waals surface area contributed by atoms with Crippen molar-refractivity contribution in [2.75, 3.05) is 5.32 Å². The molecule has 31 heavy (non-hydrogen) atoms. The molecule has 0 saturated carbocycles. The summed E-state index contributed by atoms with van der Waals surface area (Å²) in [6.45, 7) is 6.03. The molecular formula is C24H23N5OS. The van der Waals surface area contributed by atoms with Crippen LogP contribution in [0.15, 0.2) is 78.2 Å². The van der Waals surface area contributed by atoms with Crippen molar-refractivity contribution in [1.29, 1.82) is 0 Å². The Morgan fingerprint density at radius 1 is 0.968 bits per heavy atom. The lowest BCUT2D eigenvalue weighted by Gasteiger charge is -2.15. The molecule has 0 fully saturated rings. The fraction of sp³-hybridized carbons (Fsp3) is 0.167. The lowest BCUT2D eigenvalue weighted by Crippen LogP contribution is -2.22. The van der Waals surface area contributed by atoms with Crippen molar-refractivity contribution >= 4 is 23.4 Å². The molecule has 2 heterocycles. The molecule has 156 valence electrons. The summed E-state index contributed by atoms with van der Waals surface area (Å²) < 4.78 is 2.00. The highest BCUT2D eigenvalue weighted by Crippen LogP contribution is 2.31. The van der Waals surface area contributed by atoms with Crippen molar-refractivity contribution in [3.05, 3.63) is 84.2 Å². The van der Waals surface area contributed by atoms with E-state index in [1.165, 1.54) is 22.9 Å². The average molecular weight is 430 g/mol. The van der Waals surface area contributed by atoms with Crippen molar-refractivity contribution in [3.8, 4) is 17.1 Å². The third-order valence-electron chi connectivity index (χ3n) is 5.01. The van der Waals surface area contributed by atoms with E-state index in [1.807, 2.05) is 54.0 Å². The van der Waals surface area contributed by atoms with Crippen molar-refractivity contribution in [2.24, 2.45) is 0 Å². The second kappa shape index (κ2) is 9.14. The Morgan fingerprint density at radius 3 is 2.42 bits per heavy atom. The molecule has 0 radical (unpaired) electrons. The number of para-hydroxylation sites is 1. The smallest absolute Gasteiger partial charge is 0.237 e. The Labute approximate surface area is 185 Å². The number of carbonyl (C=O) groups excluding carboxylic acids is 1. The molecule has 2 aromatic carbocycles. The maximum Gasteiger partial charge on any atom is 0.237 e. The summed E-state index contributed by atoms with van der Waals surface area (Å²) in [6.07, 6.45) is 3.47. The molecule has 1 atom stereocenters. The lowest BCUT2D eigenvalue weighted by molar-refractivity contribution is -0.115. The zero-order chi connectivity index (χ0) is 21.8. The number of nitrogens with one attached hydrogen (secondary N) is 1. The van der Waals surface area contributed by atoms with Gasteiger partial charge in [-0.3, -0.25) is 14.3 Å². The van der Waals surface area contributed by atoms with Crippen molar-refractivity contribution < 1.29 is 4.79 Å². The van der Waals surface area contributed by atoms with Crippen LogP contribution in [0.4, 0.5) is 5.69 Å². The molecule has 2 aromatic heterocycles. The summed E-state index contributed by atoms with van der Waals surface area (Å²) in [5.74, 6) is 0.625. The summed E-state index contributed by atoms with van der Waals surface area (Å²) in [5, 5.41) is 12.1. The van der Waals surface area contributed by atoms with Gasteiger partial charge in [-0.15, -0.1) is 10.2 Å². The van der Waals surface area contributed by atoms with Gasteiger partial charge in [0.15, 0.2) is 11.0 Å². The highest BCUT2D eigenvalue weighted by molar-refractivity contribution is 8.00. The maximum absolute atomic E-state index is 12.7. The minimum atomic E-state index is -0.361. The molecule has 0 aliphatic heterocycles. The van der Waals surface area contributed by atoms with E-state index in [0.717, 1.165) is 16.9 Å². The second-order valence-electron chi connectivity index (χ2n) is 7.26. The van der Waals surface area contributed by atoms with E-state index < -0.39 is 0 Å². The molecule has 4 aromatic rings. The molecule has 1 N–H and O–H groups in total. The second-order valence-corrected chi connectivity index (χ2v) is 8.57. The number of aromatic nitrogens is 4. The van der Waals surface area contributed by atoms with Gasteiger partial charge < -0.3 is 5.32 Å². The van der Waals surface area contributed by atoms with Crippen LogP contribution in [-0.2, 0) is 4.79 Å². The van der Waals surface area contributed by atoms with Crippen molar-refractivity contribution in [2.45, 2.75) is 31.2 Å². The maximum atomic E-state index is 12.7. The number of hydrogen-bond donors (Lipinski definition) is 1. The third-order valence-corrected chi connectivity index (χ3v) is 6.06. The zero-order valence-corrected chi connectivity index (χ0v) is 18.4. The highest BCUT2D eigenvalue weighted by Gasteiger charge is 2.22. The molecule has 0 saturated heterocycles. The molecular weight excluding hydrogens is 406 g/mol. The largest absolute Gasteiger partial charge is 0.325 e. The SMILES string of the molecule is Cc1ccc(-n2c(SC(C)C(=O)Nc3ccccc3)nnc2-c2ccncc2)cc1C. The van der Waals surface area contributed by atoms with Crippen LogP contribution < -0.4 is 5.32 Å². The Hall–Kier alpha value is -3.45. The van der Waals surface area contributed by atoms with Gasteiger partial charge >= 0.3 is 0 Å². The van der Waals surface area contributed by atoms with E-state index in [4.69, 9.17) is 0 Å². The van der Waals surface area contributed by atoms with Gasteiger partial charge in [0.25, 0.3) is 0 Å². The number of carbonyl (C=O) groups is 1. The van der Waals surface area contributed by atoms with Gasteiger partial charge in [0.1, 0.15) is 0 Å². The van der Waals surface area contributed by atoms with Crippen LogP contribution in [0, 0.1) is 13.8 Å². The molecule has 0 spiro atoms. The molecule has 1 unspecified atom stereocenters. The van der Waals surface area contributed by atoms with Crippen molar-refractivity contribution in [3.63, 3.8) is 0 Å². The normalized spacial score (nSPS) is 11.8. The van der Waals surface area contributed by atoms with Crippen LogP contribution >= 0.6 is 11.8 Å². The van der Waals surface area contributed by atoms with E-state index >= 15 is 0 Å². The number of thioether (sulfide) groups is 1. The van der Waals surface area contributed by atoms with Gasteiger partial charge in [0, 0.05) is 23.6 Å². The third kappa shape index (κ3) is 4.67. The summed E-state index contributed by atoms with van der Waals surface area (Å²) in [4.78, 5) is 16.8. The number of benzene rings is 2. The first kappa shape index (κ1) is 20.8. The minimum Gasteiger partial charge on any atom is -0.325 e. The van der Waals surface area contributed by atoms with Gasteiger partial charge in [0.05, 0.1) is 10.9 Å². The number of pyridine rings is 1. The molecule has 1 amide bonds. The molecule has 0 bridgehead atoms. The number of aryl methyl sites for hydroxylation is 2. The Morgan fingerprint density at radius 2 is 1.71 bits per heavy atom. The fourth-order valence-corrected chi connectivity index (χ4v) is 3.98. The van der Waals surface area contributed by atoms with E-state index in [2.05, 4.69) is 52.5 Å². The summed E-state index contributed by atoms with van der Waals surface area (Å²) >= 11 is 1.38. The van der Waals surface area contributed by atoms with Gasteiger partial charge in [-0.05, 0) is 68.3 Å². The van der Waals surface area contributed by atoms with Crippen LogP contribution in [0.1, 0.15) is 18.1 Å².